The van der Waals surface area contributed by atoms with Gasteiger partial charge in [0.2, 0.25) is 5.96 Å². The van der Waals surface area contributed by atoms with Crippen molar-refractivity contribution in [1.29, 1.82) is 0 Å². The van der Waals surface area contributed by atoms with E-state index in [-0.39, 0.29) is 15.7 Å². The van der Waals surface area contributed by atoms with Gasteiger partial charge in [0.15, 0.2) is 0 Å². The van der Waals surface area contributed by atoms with Gasteiger partial charge in [-0.2, -0.15) is 4.99 Å². The second kappa shape index (κ2) is 6.99. The fourth-order valence-corrected chi connectivity index (χ4v) is 1.80. The topological polar surface area (TPSA) is 133 Å². The largest absolute Gasteiger partial charge is 0.367 e. The summed E-state index contributed by atoms with van der Waals surface area (Å²) in [6, 6.07) is 4.55. The molecule has 0 spiro atoms. The molecule has 1 aromatic carbocycles. The maximum Gasteiger partial charge on any atom is 0.359 e. The molecule has 0 bridgehead atoms. The Morgan fingerprint density at radius 3 is 2.52 bits per heavy atom. The van der Waals surface area contributed by atoms with Gasteiger partial charge in [0.25, 0.3) is 5.96 Å². The number of halogens is 2. The monoisotopic (exact) mass is 357 g/mol. The molecule has 1 aromatic rings. The average molecular weight is 358 g/mol. The number of carbonyl (C=O) groups excluding carboxylic acids is 2. The molecule has 0 unspecified atom stereocenters. The summed E-state index contributed by atoms with van der Waals surface area (Å²) in [6.45, 7) is 0. The van der Waals surface area contributed by atoms with Crippen molar-refractivity contribution >= 4 is 52.7 Å². The summed E-state index contributed by atoms with van der Waals surface area (Å²) in [6.07, 6.45) is 1.59. The zero-order chi connectivity index (χ0) is 17.0. The van der Waals surface area contributed by atoms with Crippen LogP contribution in [0.4, 0.5) is 5.69 Å². The van der Waals surface area contributed by atoms with E-state index in [9.17, 15) is 9.59 Å². The van der Waals surface area contributed by atoms with Gasteiger partial charge in [0.1, 0.15) is 5.69 Å². The number of aliphatic imine (C=N–C) groups is 1. The third-order valence-corrected chi connectivity index (χ3v) is 3.16. The smallest absolute Gasteiger partial charge is 0.359 e. The normalized spacial score (nSPS) is 21.9. The minimum atomic E-state index is -0.951. The van der Waals surface area contributed by atoms with Crippen LogP contribution in [0.1, 0.15) is 0 Å². The van der Waals surface area contributed by atoms with Crippen LogP contribution in [-0.2, 0) is 19.3 Å². The second-order valence-electron chi connectivity index (χ2n) is 3.94. The molecular formula is C12H9Cl2N5O4. The summed E-state index contributed by atoms with van der Waals surface area (Å²) < 4.78 is 0. The number of anilines is 1. The first-order valence-corrected chi connectivity index (χ1v) is 6.67. The van der Waals surface area contributed by atoms with Crippen molar-refractivity contribution in [3.8, 4) is 0 Å². The number of oxime groups is 1. The van der Waals surface area contributed by atoms with Crippen molar-refractivity contribution in [3.05, 3.63) is 40.4 Å². The Labute approximate surface area is 139 Å². The van der Waals surface area contributed by atoms with Crippen LogP contribution in [-0.4, -0.2) is 23.9 Å². The predicted octanol–water partition coefficient (Wildman–Crippen LogP) is 0.915. The number of benzene rings is 1. The van der Waals surface area contributed by atoms with Gasteiger partial charge in [0.05, 0.1) is 10.0 Å². The van der Waals surface area contributed by atoms with Crippen molar-refractivity contribution in [3.63, 3.8) is 0 Å². The number of rotatable bonds is 1. The highest BCUT2D eigenvalue weighted by atomic mass is 35.5. The van der Waals surface area contributed by atoms with Crippen LogP contribution >= 0.6 is 23.2 Å². The van der Waals surface area contributed by atoms with Crippen molar-refractivity contribution in [2.75, 3.05) is 5.06 Å². The minimum Gasteiger partial charge on any atom is -0.367 e. The molecule has 0 atom stereocenters. The van der Waals surface area contributed by atoms with Crippen molar-refractivity contribution in [2.45, 2.75) is 0 Å². The molecule has 0 aliphatic carbocycles. The highest BCUT2D eigenvalue weighted by Gasteiger charge is 2.21. The lowest BCUT2D eigenvalue weighted by Crippen LogP contribution is -2.40. The van der Waals surface area contributed by atoms with Crippen LogP contribution in [0.3, 0.4) is 0 Å². The van der Waals surface area contributed by atoms with E-state index in [1.54, 1.807) is 6.07 Å². The molecule has 23 heavy (non-hydrogen) atoms. The van der Waals surface area contributed by atoms with Gasteiger partial charge in [-0.3, -0.25) is 0 Å². The molecule has 1 aliphatic heterocycles. The third kappa shape index (κ3) is 4.11. The molecule has 0 saturated carbocycles. The van der Waals surface area contributed by atoms with Crippen LogP contribution < -0.4 is 16.5 Å². The third-order valence-electron chi connectivity index (χ3n) is 2.35. The molecule has 2 rings (SSSR count). The summed E-state index contributed by atoms with van der Waals surface area (Å²) >= 11 is 12.0. The standard InChI is InChI=1S/C12H9Cl2N5O4/c13-6-2-1-3-7(10(6)14)19-12(16)17-11(15)18-22-8(20)4-5-9(21)23-19/h1-5H,(H4,15,16,17,18)/b5-4-. The van der Waals surface area contributed by atoms with Crippen LogP contribution in [0.2, 0.25) is 10.0 Å². The SMILES string of the molecule is NC1=N\OC(=O)/C=C\C(=O)ON(c2cccc(Cl)c2Cl)\C(N)=N\1. The summed E-state index contributed by atoms with van der Waals surface area (Å²) in [7, 11) is 0. The van der Waals surface area contributed by atoms with E-state index < -0.39 is 23.9 Å². The Morgan fingerprint density at radius 1 is 1.09 bits per heavy atom. The maximum absolute atomic E-state index is 11.8. The highest BCUT2D eigenvalue weighted by molar-refractivity contribution is 6.44. The molecule has 11 heteroatoms. The number of guanidine groups is 2. The van der Waals surface area contributed by atoms with E-state index in [0.717, 1.165) is 17.2 Å². The van der Waals surface area contributed by atoms with E-state index in [0.29, 0.717) is 0 Å². The van der Waals surface area contributed by atoms with E-state index in [4.69, 9.17) is 39.5 Å². The number of nitrogens with zero attached hydrogens (tertiary/aromatic N) is 3. The minimum absolute atomic E-state index is 0.0572. The number of nitrogens with two attached hydrogens (primary N) is 2. The Morgan fingerprint density at radius 2 is 1.78 bits per heavy atom. The summed E-state index contributed by atoms with van der Waals surface area (Å²) in [5, 5.41) is 4.27. The molecular weight excluding hydrogens is 349 g/mol. The first-order valence-electron chi connectivity index (χ1n) is 5.91. The molecule has 4 N–H and O–H groups in total. The Bertz CT molecular complexity index is 747. The molecule has 0 fully saturated rings. The predicted molar refractivity (Wildman–Crippen MR) is 83.5 cm³/mol. The quantitative estimate of drug-likeness (QED) is 0.713. The molecule has 0 saturated heterocycles. The Balaban J connectivity index is 2.51. The molecule has 0 aromatic heterocycles. The Kier molecular flexibility index (Phi) is 5.04. The maximum atomic E-state index is 11.8. The van der Waals surface area contributed by atoms with E-state index in [1.165, 1.54) is 12.1 Å². The number of hydroxylamine groups is 1. The zero-order valence-electron chi connectivity index (χ0n) is 11.3. The molecule has 1 heterocycles. The fraction of sp³-hybridized carbons (Fsp3) is 0. The van der Waals surface area contributed by atoms with Crippen LogP contribution in [0, 0.1) is 0 Å². The van der Waals surface area contributed by atoms with Gasteiger partial charge >= 0.3 is 11.9 Å². The molecule has 1 aliphatic rings. The second-order valence-corrected chi connectivity index (χ2v) is 4.73. The van der Waals surface area contributed by atoms with Crippen LogP contribution in [0.25, 0.3) is 0 Å². The highest BCUT2D eigenvalue weighted by Crippen LogP contribution is 2.32. The number of carbonyl (C=O) groups is 2. The van der Waals surface area contributed by atoms with Crippen molar-refractivity contribution in [2.24, 2.45) is 21.6 Å². The van der Waals surface area contributed by atoms with Gasteiger partial charge < -0.3 is 21.1 Å². The number of hydrogen-bond donors (Lipinski definition) is 2. The van der Waals surface area contributed by atoms with E-state index in [1.807, 2.05) is 0 Å². The van der Waals surface area contributed by atoms with Crippen molar-refractivity contribution in [1.82, 2.24) is 0 Å². The van der Waals surface area contributed by atoms with E-state index >= 15 is 0 Å². The first-order chi connectivity index (χ1) is 10.9. The van der Waals surface area contributed by atoms with Gasteiger partial charge in [-0.05, 0) is 17.3 Å². The van der Waals surface area contributed by atoms with Gasteiger partial charge in [-0.25, -0.2) is 9.59 Å². The molecule has 120 valence electrons. The molecule has 0 amide bonds. The Hall–Kier alpha value is -2.78. The summed E-state index contributed by atoms with van der Waals surface area (Å²) in [4.78, 5) is 36.0. The molecule has 9 nitrogen and oxygen atoms in total. The average Bonchev–Trinajstić information content (AvgIpc) is 2.52. The fourth-order valence-electron chi connectivity index (χ4n) is 1.43. The summed E-state index contributed by atoms with van der Waals surface area (Å²) in [5.74, 6) is -2.77. The lowest BCUT2D eigenvalue weighted by molar-refractivity contribution is -0.140. The van der Waals surface area contributed by atoms with E-state index in [2.05, 4.69) is 15.0 Å². The van der Waals surface area contributed by atoms with Gasteiger partial charge in [-0.1, -0.05) is 29.3 Å². The van der Waals surface area contributed by atoms with Crippen LogP contribution in [0.15, 0.2) is 40.5 Å². The zero-order valence-corrected chi connectivity index (χ0v) is 12.8. The van der Waals surface area contributed by atoms with Gasteiger partial charge in [-0.15, -0.1) is 5.06 Å². The summed E-state index contributed by atoms with van der Waals surface area (Å²) in [5.41, 5.74) is 11.3. The van der Waals surface area contributed by atoms with Gasteiger partial charge in [0, 0.05) is 12.2 Å². The van der Waals surface area contributed by atoms with Crippen LogP contribution in [0.5, 0.6) is 0 Å². The molecule has 0 radical (unpaired) electrons. The lowest BCUT2D eigenvalue weighted by Gasteiger charge is -2.22. The lowest BCUT2D eigenvalue weighted by atomic mass is 10.3. The van der Waals surface area contributed by atoms with Crippen molar-refractivity contribution < 1.29 is 19.3 Å². The number of hydrogen-bond acceptors (Lipinski definition) is 9. The first kappa shape index (κ1) is 16.6.